The molecule has 0 amide bonds. The Balaban J connectivity index is 1.44. The van der Waals surface area contributed by atoms with E-state index in [2.05, 4.69) is 15.2 Å². The molecular formula is C20H24N6O3S. The fraction of sp³-hybridized carbons (Fsp3) is 0.350. The van der Waals surface area contributed by atoms with E-state index in [0.717, 1.165) is 17.2 Å². The third-order valence-electron chi connectivity index (χ3n) is 5.28. The molecule has 0 N–H and O–H groups in total. The van der Waals surface area contributed by atoms with E-state index in [4.69, 9.17) is 4.74 Å². The third kappa shape index (κ3) is 3.75. The van der Waals surface area contributed by atoms with Crippen molar-refractivity contribution >= 4 is 15.8 Å². The van der Waals surface area contributed by atoms with Crippen molar-refractivity contribution in [3.8, 4) is 11.6 Å². The van der Waals surface area contributed by atoms with E-state index >= 15 is 0 Å². The molecule has 0 unspecified atom stereocenters. The van der Waals surface area contributed by atoms with Gasteiger partial charge in [0.1, 0.15) is 11.6 Å². The average Bonchev–Trinajstić information content (AvgIpc) is 3.19. The van der Waals surface area contributed by atoms with E-state index in [1.54, 1.807) is 31.5 Å². The van der Waals surface area contributed by atoms with Gasteiger partial charge in [0.15, 0.2) is 11.6 Å². The molecule has 1 aliphatic heterocycles. The summed E-state index contributed by atoms with van der Waals surface area (Å²) in [6, 6.07) is 8.73. The van der Waals surface area contributed by atoms with Crippen LogP contribution in [0.15, 0.2) is 47.6 Å². The standard InChI is InChI=1S/C20H24N6O3S/c1-15-14-17(4-5-18(15)29-3)30(27,28)25-12-10-24(11-13-25)19-6-7-20(23-22-19)26-9-8-21-16(26)2/h4-9,14H,10-13H2,1-3H3. The number of piperazine rings is 1. The van der Waals surface area contributed by atoms with Gasteiger partial charge in [0, 0.05) is 38.6 Å². The molecule has 1 saturated heterocycles. The van der Waals surface area contributed by atoms with Crippen molar-refractivity contribution in [2.45, 2.75) is 18.7 Å². The van der Waals surface area contributed by atoms with Gasteiger partial charge < -0.3 is 9.64 Å². The first kappa shape index (κ1) is 20.3. The van der Waals surface area contributed by atoms with Crippen molar-refractivity contribution in [1.82, 2.24) is 24.1 Å². The summed E-state index contributed by atoms with van der Waals surface area (Å²) >= 11 is 0. The molecule has 0 radical (unpaired) electrons. The van der Waals surface area contributed by atoms with Crippen LogP contribution in [0, 0.1) is 13.8 Å². The van der Waals surface area contributed by atoms with Crippen molar-refractivity contribution in [1.29, 1.82) is 0 Å². The predicted octanol–water partition coefficient (Wildman–Crippen LogP) is 1.80. The lowest BCUT2D eigenvalue weighted by Crippen LogP contribution is -2.49. The quantitative estimate of drug-likeness (QED) is 0.612. The third-order valence-corrected chi connectivity index (χ3v) is 7.17. The molecule has 0 atom stereocenters. The van der Waals surface area contributed by atoms with Gasteiger partial charge in [0.2, 0.25) is 10.0 Å². The number of imidazole rings is 1. The molecule has 2 aromatic heterocycles. The lowest BCUT2D eigenvalue weighted by molar-refractivity contribution is 0.383. The molecule has 10 heteroatoms. The second kappa shape index (κ2) is 8.04. The highest BCUT2D eigenvalue weighted by Crippen LogP contribution is 2.25. The van der Waals surface area contributed by atoms with E-state index < -0.39 is 10.0 Å². The zero-order valence-electron chi connectivity index (χ0n) is 17.2. The largest absolute Gasteiger partial charge is 0.496 e. The number of sulfonamides is 1. The normalized spacial score (nSPS) is 15.4. The Bertz CT molecular complexity index is 1140. The highest BCUT2D eigenvalue weighted by atomic mass is 32.2. The molecule has 1 aliphatic rings. The number of nitrogens with zero attached hydrogens (tertiary/aromatic N) is 6. The van der Waals surface area contributed by atoms with Gasteiger partial charge in [-0.3, -0.25) is 4.57 Å². The second-order valence-corrected chi connectivity index (χ2v) is 9.05. The van der Waals surface area contributed by atoms with Crippen LogP contribution >= 0.6 is 0 Å². The van der Waals surface area contributed by atoms with Gasteiger partial charge in [-0.05, 0) is 49.7 Å². The van der Waals surface area contributed by atoms with E-state index in [-0.39, 0.29) is 4.90 Å². The fourth-order valence-electron chi connectivity index (χ4n) is 3.55. The Hall–Kier alpha value is -2.98. The number of hydrogen-bond donors (Lipinski definition) is 0. The lowest BCUT2D eigenvalue weighted by Gasteiger charge is -2.34. The van der Waals surface area contributed by atoms with Crippen LogP contribution in [0.2, 0.25) is 0 Å². The van der Waals surface area contributed by atoms with E-state index in [9.17, 15) is 8.42 Å². The summed E-state index contributed by atoms with van der Waals surface area (Å²) in [4.78, 5) is 6.52. The number of anilines is 1. The summed E-state index contributed by atoms with van der Waals surface area (Å²) in [6.45, 7) is 5.61. The van der Waals surface area contributed by atoms with Crippen molar-refractivity contribution in [3.05, 3.63) is 54.1 Å². The van der Waals surface area contributed by atoms with Crippen molar-refractivity contribution in [3.63, 3.8) is 0 Å². The molecule has 158 valence electrons. The van der Waals surface area contributed by atoms with Crippen molar-refractivity contribution in [2.75, 3.05) is 38.2 Å². The van der Waals surface area contributed by atoms with Crippen LogP contribution in [-0.2, 0) is 10.0 Å². The maximum atomic E-state index is 13.0. The van der Waals surface area contributed by atoms with Gasteiger partial charge >= 0.3 is 0 Å². The van der Waals surface area contributed by atoms with Gasteiger partial charge in [0.05, 0.1) is 12.0 Å². The first-order valence-corrected chi connectivity index (χ1v) is 11.1. The number of benzene rings is 1. The van der Waals surface area contributed by atoms with E-state index in [1.807, 2.05) is 41.6 Å². The van der Waals surface area contributed by atoms with Gasteiger partial charge in [-0.15, -0.1) is 10.2 Å². The average molecular weight is 429 g/mol. The summed E-state index contributed by atoms with van der Waals surface area (Å²) in [5.41, 5.74) is 0.792. The molecule has 9 nitrogen and oxygen atoms in total. The predicted molar refractivity (Wildman–Crippen MR) is 113 cm³/mol. The summed E-state index contributed by atoms with van der Waals surface area (Å²) in [5, 5.41) is 8.61. The SMILES string of the molecule is COc1ccc(S(=O)(=O)N2CCN(c3ccc(-n4ccnc4C)nn3)CC2)cc1C. The second-order valence-electron chi connectivity index (χ2n) is 7.12. The molecule has 1 aromatic carbocycles. The molecule has 0 saturated carbocycles. The molecular weight excluding hydrogens is 404 g/mol. The Labute approximate surface area is 176 Å². The van der Waals surface area contributed by atoms with Crippen molar-refractivity contribution in [2.24, 2.45) is 0 Å². The maximum Gasteiger partial charge on any atom is 0.243 e. The monoisotopic (exact) mass is 428 g/mol. The van der Waals surface area contributed by atoms with Gasteiger partial charge in [-0.2, -0.15) is 4.31 Å². The van der Waals surface area contributed by atoms with Gasteiger partial charge in [-0.25, -0.2) is 13.4 Å². The lowest BCUT2D eigenvalue weighted by atomic mass is 10.2. The molecule has 0 bridgehead atoms. The Morgan fingerprint density at radius 1 is 0.967 bits per heavy atom. The van der Waals surface area contributed by atoms with Crippen LogP contribution in [0.3, 0.4) is 0 Å². The smallest absolute Gasteiger partial charge is 0.243 e. The number of hydrogen-bond acceptors (Lipinski definition) is 7. The molecule has 0 aliphatic carbocycles. The minimum atomic E-state index is -3.55. The molecule has 3 aromatic rings. The summed E-state index contributed by atoms with van der Waals surface area (Å²) in [6.07, 6.45) is 3.55. The van der Waals surface area contributed by atoms with Crippen LogP contribution in [0.5, 0.6) is 5.75 Å². The van der Waals surface area contributed by atoms with Crippen LogP contribution in [0.25, 0.3) is 5.82 Å². The van der Waals surface area contributed by atoms with Crippen molar-refractivity contribution < 1.29 is 13.2 Å². The summed E-state index contributed by atoms with van der Waals surface area (Å²) in [5.74, 6) is 2.94. The number of rotatable bonds is 5. The minimum absolute atomic E-state index is 0.286. The topological polar surface area (TPSA) is 93.5 Å². The van der Waals surface area contributed by atoms with Crippen LogP contribution in [0.4, 0.5) is 5.82 Å². The highest BCUT2D eigenvalue weighted by molar-refractivity contribution is 7.89. The Kier molecular flexibility index (Phi) is 5.44. The molecule has 0 spiro atoms. The molecule has 1 fully saturated rings. The number of methoxy groups -OCH3 is 1. The first-order valence-electron chi connectivity index (χ1n) is 9.64. The minimum Gasteiger partial charge on any atom is -0.496 e. The summed E-state index contributed by atoms with van der Waals surface area (Å²) in [7, 11) is -1.98. The fourth-order valence-corrected chi connectivity index (χ4v) is 5.06. The highest BCUT2D eigenvalue weighted by Gasteiger charge is 2.29. The van der Waals surface area contributed by atoms with Gasteiger partial charge in [-0.1, -0.05) is 0 Å². The molecule has 4 rings (SSSR count). The molecule has 3 heterocycles. The van der Waals surface area contributed by atoms with E-state index in [1.165, 1.54) is 4.31 Å². The zero-order valence-corrected chi connectivity index (χ0v) is 18.0. The Morgan fingerprint density at radius 3 is 2.23 bits per heavy atom. The van der Waals surface area contributed by atoms with Gasteiger partial charge in [0.25, 0.3) is 0 Å². The summed E-state index contributed by atoms with van der Waals surface area (Å²) < 4.78 is 34.6. The number of aromatic nitrogens is 4. The van der Waals surface area contributed by atoms with Crippen LogP contribution in [0.1, 0.15) is 11.4 Å². The van der Waals surface area contributed by atoms with E-state index in [0.29, 0.717) is 37.7 Å². The number of aryl methyl sites for hydroxylation is 2. The zero-order chi connectivity index (χ0) is 21.3. The maximum absolute atomic E-state index is 13.0. The number of ether oxygens (including phenoxy) is 1. The van der Waals surface area contributed by atoms with Crippen LogP contribution in [-0.4, -0.2) is 65.8 Å². The van der Waals surface area contributed by atoms with Crippen LogP contribution < -0.4 is 9.64 Å². The first-order chi connectivity index (χ1) is 14.4. The molecule has 30 heavy (non-hydrogen) atoms. The Morgan fingerprint density at radius 2 is 1.67 bits per heavy atom.